The topological polar surface area (TPSA) is 85.9 Å². The minimum Gasteiger partial charge on any atom is -0.496 e. The first-order valence-electron chi connectivity index (χ1n) is 11.2. The second kappa shape index (κ2) is 9.54. The first-order valence-corrected chi connectivity index (χ1v) is 13.0. The van der Waals surface area contributed by atoms with Crippen molar-refractivity contribution in [3.05, 3.63) is 72.3 Å². The Kier molecular flexibility index (Phi) is 6.67. The number of hydrogen-bond acceptors (Lipinski definition) is 7. The number of ether oxygens (including phenoxy) is 2. The summed E-state index contributed by atoms with van der Waals surface area (Å²) in [5, 5.41) is 7.09. The quantitative estimate of drug-likeness (QED) is 0.405. The zero-order valence-corrected chi connectivity index (χ0v) is 21.3. The first-order chi connectivity index (χ1) is 16.6. The molecule has 8 heteroatoms. The van der Waals surface area contributed by atoms with Crippen molar-refractivity contribution < 1.29 is 22.1 Å². The van der Waals surface area contributed by atoms with Crippen molar-refractivity contribution >= 4 is 27.1 Å². The molecule has 0 saturated heterocycles. The lowest BCUT2D eigenvalue weighted by atomic mass is 9.88. The molecule has 0 saturated carbocycles. The van der Waals surface area contributed by atoms with Crippen molar-refractivity contribution in [3.63, 3.8) is 0 Å². The number of hydrogen-bond donors (Lipinski definition) is 2. The molecule has 1 aliphatic rings. The molecule has 4 rings (SSSR count). The molecule has 2 N–H and O–H groups in total. The van der Waals surface area contributed by atoms with E-state index in [9.17, 15) is 8.42 Å². The zero-order valence-electron chi connectivity index (χ0n) is 20.5. The predicted octanol–water partition coefficient (Wildman–Crippen LogP) is 5.41. The van der Waals surface area contributed by atoms with Gasteiger partial charge in [-0.1, -0.05) is 24.3 Å². The number of methoxy groups -OCH3 is 2. The lowest BCUT2D eigenvalue weighted by Gasteiger charge is -2.33. The van der Waals surface area contributed by atoms with Crippen LogP contribution in [0.2, 0.25) is 0 Å². The minimum atomic E-state index is -3.63. The summed E-state index contributed by atoms with van der Waals surface area (Å²) in [5.74, 6) is 1.51. The van der Waals surface area contributed by atoms with E-state index >= 15 is 0 Å². The van der Waals surface area contributed by atoms with Crippen LogP contribution in [0.1, 0.15) is 19.4 Å². The fourth-order valence-electron chi connectivity index (χ4n) is 4.25. The van der Waals surface area contributed by atoms with Gasteiger partial charge in [0.15, 0.2) is 0 Å². The third kappa shape index (κ3) is 5.71. The average Bonchev–Trinajstić information content (AvgIpc) is 2.80. The maximum absolute atomic E-state index is 11.5. The standard InChI is InChI=1S/C27H30N2O5S/c1-27(2)16-19(17-28-24-8-6-7-9-25(24)32-3)22-14-18(10-13-23(22)29-27)21-12-11-20(15-26(21)33-4)34-35(5,30)31/h6-16,28-29H,17H2,1-5H3. The Labute approximate surface area is 206 Å². The largest absolute Gasteiger partial charge is 0.496 e. The van der Waals surface area contributed by atoms with Crippen LogP contribution in [0.15, 0.2) is 66.7 Å². The van der Waals surface area contributed by atoms with E-state index in [0.717, 1.165) is 45.6 Å². The zero-order chi connectivity index (χ0) is 25.2. The maximum atomic E-state index is 11.5. The Balaban J connectivity index is 1.69. The Morgan fingerprint density at radius 3 is 2.37 bits per heavy atom. The predicted molar refractivity (Wildman–Crippen MR) is 141 cm³/mol. The molecule has 0 unspecified atom stereocenters. The normalized spacial score (nSPS) is 14.3. The summed E-state index contributed by atoms with van der Waals surface area (Å²) in [6.07, 6.45) is 3.24. The molecule has 3 aromatic rings. The van der Waals surface area contributed by atoms with E-state index in [4.69, 9.17) is 13.7 Å². The maximum Gasteiger partial charge on any atom is 0.306 e. The Morgan fingerprint density at radius 2 is 1.66 bits per heavy atom. The van der Waals surface area contributed by atoms with Gasteiger partial charge in [-0.3, -0.25) is 0 Å². The molecule has 35 heavy (non-hydrogen) atoms. The molecule has 0 atom stereocenters. The van der Waals surface area contributed by atoms with Gasteiger partial charge >= 0.3 is 10.1 Å². The number of benzene rings is 3. The second-order valence-corrected chi connectivity index (χ2v) is 10.6. The molecular formula is C27H30N2O5S. The average molecular weight is 495 g/mol. The van der Waals surface area contributed by atoms with E-state index in [1.165, 1.54) is 0 Å². The van der Waals surface area contributed by atoms with Gasteiger partial charge in [-0.2, -0.15) is 8.42 Å². The van der Waals surface area contributed by atoms with Crippen LogP contribution in [0.4, 0.5) is 11.4 Å². The summed E-state index contributed by atoms with van der Waals surface area (Å²) in [4.78, 5) is 0. The van der Waals surface area contributed by atoms with Gasteiger partial charge in [0.05, 0.1) is 31.7 Å². The van der Waals surface area contributed by atoms with Crippen LogP contribution in [-0.4, -0.2) is 41.0 Å². The number of para-hydroxylation sites is 2. The van der Waals surface area contributed by atoms with Gasteiger partial charge in [-0.25, -0.2) is 0 Å². The van der Waals surface area contributed by atoms with Crippen molar-refractivity contribution in [1.82, 2.24) is 0 Å². The van der Waals surface area contributed by atoms with Crippen LogP contribution in [-0.2, 0) is 10.1 Å². The molecule has 0 aromatic heterocycles. The molecule has 0 amide bonds. The molecule has 0 bridgehead atoms. The van der Waals surface area contributed by atoms with Gasteiger partial charge in [0.2, 0.25) is 0 Å². The summed E-state index contributed by atoms with van der Waals surface area (Å²) >= 11 is 0. The first kappa shape index (κ1) is 24.5. The highest BCUT2D eigenvalue weighted by Crippen LogP contribution is 2.40. The SMILES string of the molecule is COc1ccccc1NCC1=CC(C)(C)Nc2ccc(-c3ccc(OS(C)(=O)=O)cc3OC)cc21. The van der Waals surface area contributed by atoms with Crippen molar-refractivity contribution in [2.45, 2.75) is 19.4 Å². The lowest BCUT2D eigenvalue weighted by molar-refractivity contribution is 0.413. The van der Waals surface area contributed by atoms with Crippen LogP contribution in [0.25, 0.3) is 16.7 Å². The van der Waals surface area contributed by atoms with Crippen LogP contribution in [0, 0.1) is 0 Å². The van der Waals surface area contributed by atoms with Crippen LogP contribution >= 0.6 is 0 Å². The highest BCUT2D eigenvalue weighted by Gasteiger charge is 2.25. The highest BCUT2D eigenvalue weighted by atomic mass is 32.2. The number of nitrogens with one attached hydrogen (secondary N) is 2. The number of anilines is 2. The van der Waals surface area contributed by atoms with Crippen LogP contribution in [0.5, 0.6) is 17.2 Å². The fraction of sp³-hybridized carbons (Fsp3) is 0.259. The summed E-state index contributed by atoms with van der Waals surface area (Å²) in [6.45, 7) is 4.88. The summed E-state index contributed by atoms with van der Waals surface area (Å²) in [7, 11) is -0.421. The summed E-state index contributed by atoms with van der Waals surface area (Å²) in [6, 6.07) is 19.0. The van der Waals surface area contributed by atoms with Gasteiger partial charge in [-0.05, 0) is 61.4 Å². The van der Waals surface area contributed by atoms with Crippen molar-refractivity contribution in [2.24, 2.45) is 0 Å². The second-order valence-electron chi connectivity index (χ2n) is 8.98. The minimum absolute atomic E-state index is 0.205. The lowest BCUT2D eigenvalue weighted by Crippen LogP contribution is -2.32. The molecule has 0 fully saturated rings. The Bertz CT molecular complexity index is 1380. The van der Waals surface area contributed by atoms with Crippen molar-refractivity contribution in [1.29, 1.82) is 0 Å². The van der Waals surface area contributed by atoms with E-state index in [1.807, 2.05) is 30.3 Å². The van der Waals surface area contributed by atoms with Crippen LogP contribution < -0.4 is 24.3 Å². The van der Waals surface area contributed by atoms with E-state index < -0.39 is 10.1 Å². The molecular weight excluding hydrogens is 464 g/mol. The van der Waals surface area contributed by atoms with Gasteiger partial charge < -0.3 is 24.3 Å². The van der Waals surface area contributed by atoms with Crippen molar-refractivity contribution in [3.8, 4) is 28.4 Å². The van der Waals surface area contributed by atoms with E-state index in [-0.39, 0.29) is 11.3 Å². The Morgan fingerprint density at radius 1 is 0.914 bits per heavy atom. The molecule has 3 aromatic carbocycles. The van der Waals surface area contributed by atoms with E-state index in [1.54, 1.807) is 32.4 Å². The van der Waals surface area contributed by atoms with Gasteiger partial charge in [0.1, 0.15) is 17.2 Å². The molecule has 184 valence electrons. The third-order valence-electron chi connectivity index (χ3n) is 5.67. The van der Waals surface area contributed by atoms with Gasteiger partial charge in [0, 0.05) is 29.4 Å². The van der Waals surface area contributed by atoms with E-state index in [2.05, 4.69) is 42.7 Å². The third-order valence-corrected chi connectivity index (χ3v) is 6.16. The number of fused-ring (bicyclic) bond motifs is 1. The van der Waals surface area contributed by atoms with Gasteiger partial charge in [0.25, 0.3) is 0 Å². The monoisotopic (exact) mass is 494 g/mol. The number of rotatable bonds is 8. The highest BCUT2D eigenvalue weighted by molar-refractivity contribution is 7.86. The fourth-order valence-corrected chi connectivity index (χ4v) is 4.70. The molecule has 1 heterocycles. The van der Waals surface area contributed by atoms with Crippen molar-refractivity contribution in [2.75, 3.05) is 37.7 Å². The molecule has 0 aliphatic carbocycles. The van der Waals surface area contributed by atoms with Gasteiger partial charge in [-0.15, -0.1) is 0 Å². The smallest absolute Gasteiger partial charge is 0.306 e. The van der Waals surface area contributed by atoms with Crippen LogP contribution in [0.3, 0.4) is 0 Å². The molecule has 0 spiro atoms. The summed E-state index contributed by atoms with van der Waals surface area (Å²) in [5.41, 5.74) is 5.74. The summed E-state index contributed by atoms with van der Waals surface area (Å²) < 4.78 is 39.1. The molecule has 1 aliphatic heterocycles. The molecule has 0 radical (unpaired) electrons. The van der Waals surface area contributed by atoms with E-state index in [0.29, 0.717) is 12.3 Å². The Hall–Kier alpha value is -3.65. The molecule has 7 nitrogen and oxygen atoms in total.